The molecule has 0 aromatic heterocycles. The van der Waals surface area contributed by atoms with E-state index in [2.05, 4.69) is 31.3 Å². The average Bonchev–Trinajstić information content (AvgIpc) is 2.41. The van der Waals surface area contributed by atoms with Gasteiger partial charge in [-0.3, -0.25) is 0 Å². The Labute approximate surface area is 129 Å². The van der Waals surface area contributed by atoms with E-state index in [1.165, 1.54) is 19.3 Å². The van der Waals surface area contributed by atoms with Crippen LogP contribution in [0.4, 0.5) is 5.69 Å². The highest BCUT2D eigenvalue weighted by Crippen LogP contribution is 2.34. The molecule has 1 N–H and O–H groups in total. The number of rotatable bonds is 6. The van der Waals surface area contributed by atoms with Gasteiger partial charge in [0.2, 0.25) is 0 Å². The Balaban J connectivity index is 2.07. The third kappa shape index (κ3) is 4.55. The van der Waals surface area contributed by atoms with Crippen LogP contribution in [0.5, 0.6) is 11.5 Å². The number of nitrogens with one attached hydrogen (secondary N) is 1. The predicted molar refractivity (Wildman–Crippen MR) is 88.4 cm³/mol. The van der Waals surface area contributed by atoms with Gasteiger partial charge in [0.15, 0.2) is 11.5 Å². The second kappa shape index (κ2) is 7.58. The Kier molecular flexibility index (Phi) is 5.77. The van der Waals surface area contributed by atoms with E-state index >= 15 is 0 Å². The molecular formula is C18H29NO2. The van der Waals surface area contributed by atoms with E-state index in [1.807, 2.05) is 19.9 Å². The van der Waals surface area contributed by atoms with Crippen LogP contribution in [0.25, 0.3) is 0 Å². The number of anilines is 1. The Morgan fingerprint density at radius 1 is 0.952 bits per heavy atom. The van der Waals surface area contributed by atoms with Gasteiger partial charge in [0, 0.05) is 17.8 Å². The second-order valence-electron chi connectivity index (χ2n) is 6.29. The number of hydrogen-bond donors (Lipinski definition) is 1. The molecule has 1 aliphatic rings. The topological polar surface area (TPSA) is 30.5 Å². The van der Waals surface area contributed by atoms with Crippen molar-refractivity contribution in [2.24, 2.45) is 11.8 Å². The molecule has 1 saturated carbocycles. The summed E-state index contributed by atoms with van der Waals surface area (Å²) in [4.78, 5) is 0. The summed E-state index contributed by atoms with van der Waals surface area (Å²) in [6.07, 6.45) is 3.86. The Morgan fingerprint density at radius 2 is 1.57 bits per heavy atom. The summed E-state index contributed by atoms with van der Waals surface area (Å²) >= 11 is 0. The minimum Gasteiger partial charge on any atom is -0.490 e. The first-order valence-electron chi connectivity index (χ1n) is 8.28. The SMILES string of the molecule is CCOc1ccc(NC2CC(C)CC(C)C2)cc1OCC. The monoisotopic (exact) mass is 291 g/mol. The fraction of sp³-hybridized carbons (Fsp3) is 0.667. The molecule has 3 nitrogen and oxygen atoms in total. The summed E-state index contributed by atoms with van der Waals surface area (Å²) in [5.41, 5.74) is 1.13. The van der Waals surface area contributed by atoms with Crippen LogP contribution in [0.2, 0.25) is 0 Å². The second-order valence-corrected chi connectivity index (χ2v) is 6.29. The van der Waals surface area contributed by atoms with Crippen LogP contribution in [0.3, 0.4) is 0 Å². The molecule has 3 heteroatoms. The highest BCUT2D eigenvalue weighted by atomic mass is 16.5. The van der Waals surface area contributed by atoms with E-state index in [9.17, 15) is 0 Å². The minimum atomic E-state index is 0.566. The van der Waals surface area contributed by atoms with Gasteiger partial charge < -0.3 is 14.8 Å². The molecule has 118 valence electrons. The van der Waals surface area contributed by atoms with E-state index in [0.29, 0.717) is 19.3 Å². The maximum atomic E-state index is 5.70. The Hall–Kier alpha value is -1.38. The molecule has 0 spiro atoms. The molecule has 1 aliphatic carbocycles. The van der Waals surface area contributed by atoms with E-state index < -0.39 is 0 Å². The molecule has 0 aliphatic heterocycles. The van der Waals surface area contributed by atoms with Gasteiger partial charge in [-0.05, 0) is 57.1 Å². The van der Waals surface area contributed by atoms with Crippen LogP contribution in [0.1, 0.15) is 47.0 Å². The summed E-state index contributed by atoms with van der Waals surface area (Å²) in [7, 11) is 0. The standard InChI is InChI=1S/C18H29NO2/c1-5-20-17-8-7-15(12-18(17)21-6-2)19-16-10-13(3)9-14(4)11-16/h7-8,12-14,16,19H,5-6,9-11H2,1-4H3. The van der Waals surface area contributed by atoms with Crippen molar-refractivity contribution in [2.45, 2.75) is 53.0 Å². The first-order chi connectivity index (χ1) is 10.1. The largest absolute Gasteiger partial charge is 0.490 e. The van der Waals surface area contributed by atoms with E-state index in [-0.39, 0.29) is 0 Å². The average molecular weight is 291 g/mol. The molecule has 0 amide bonds. The van der Waals surface area contributed by atoms with E-state index in [1.54, 1.807) is 0 Å². The van der Waals surface area contributed by atoms with Crippen molar-refractivity contribution in [2.75, 3.05) is 18.5 Å². The fourth-order valence-electron chi connectivity index (χ4n) is 3.44. The first-order valence-corrected chi connectivity index (χ1v) is 8.28. The van der Waals surface area contributed by atoms with Gasteiger partial charge >= 0.3 is 0 Å². The third-order valence-electron chi connectivity index (χ3n) is 4.09. The normalized spacial score (nSPS) is 25.4. The van der Waals surface area contributed by atoms with Gasteiger partial charge in [-0.15, -0.1) is 0 Å². The van der Waals surface area contributed by atoms with Gasteiger partial charge in [0.1, 0.15) is 0 Å². The minimum absolute atomic E-state index is 0.566. The molecular weight excluding hydrogens is 262 g/mol. The maximum Gasteiger partial charge on any atom is 0.163 e. The predicted octanol–water partition coefficient (Wildman–Crippen LogP) is 4.72. The molecule has 0 heterocycles. The number of benzene rings is 1. The van der Waals surface area contributed by atoms with Gasteiger partial charge in [-0.2, -0.15) is 0 Å². The first kappa shape index (κ1) is 16.0. The van der Waals surface area contributed by atoms with Crippen molar-refractivity contribution in [1.29, 1.82) is 0 Å². The molecule has 21 heavy (non-hydrogen) atoms. The zero-order valence-corrected chi connectivity index (χ0v) is 13.8. The molecule has 0 bridgehead atoms. The smallest absolute Gasteiger partial charge is 0.163 e. The highest BCUT2D eigenvalue weighted by molar-refractivity contribution is 5.55. The molecule has 1 fully saturated rings. The summed E-state index contributed by atoms with van der Waals surface area (Å²) in [6.45, 7) is 10.0. The molecule has 1 aromatic carbocycles. The quantitative estimate of drug-likeness (QED) is 0.822. The Bertz CT molecular complexity index is 437. The summed E-state index contributed by atoms with van der Waals surface area (Å²) in [5, 5.41) is 3.67. The molecule has 2 unspecified atom stereocenters. The zero-order valence-electron chi connectivity index (χ0n) is 13.8. The molecule has 2 atom stereocenters. The summed E-state index contributed by atoms with van der Waals surface area (Å²) < 4.78 is 11.3. The van der Waals surface area contributed by atoms with Crippen molar-refractivity contribution in [3.05, 3.63) is 18.2 Å². The maximum absolute atomic E-state index is 5.70. The molecule has 2 rings (SSSR count). The van der Waals surface area contributed by atoms with Gasteiger partial charge in [0.25, 0.3) is 0 Å². The number of hydrogen-bond acceptors (Lipinski definition) is 3. The lowest BCUT2D eigenvalue weighted by molar-refractivity contribution is 0.280. The molecule has 0 saturated heterocycles. The lowest BCUT2D eigenvalue weighted by Crippen LogP contribution is -2.30. The van der Waals surface area contributed by atoms with Crippen molar-refractivity contribution < 1.29 is 9.47 Å². The van der Waals surface area contributed by atoms with Gasteiger partial charge in [-0.1, -0.05) is 13.8 Å². The van der Waals surface area contributed by atoms with Gasteiger partial charge in [-0.25, -0.2) is 0 Å². The third-order valence-corrected chi connectivity index (χ3v) is 4.09. The summed E-state index contributed by atoms with van der Waals surface area (Å²) in [5.74, 6) is 3.28. The van der Waals surface area contributed by atoms with Crippen LogP contribution >= 0.6 is 0 Å². The van der Waals surface area contributed by atoms with E-state index in [4.69, 9.17) is 9.47 Å². The van der Waals surface area contributed by atoms with Crippen LogP contribution in [-0.4, -0.2) is 19.3 Å². The van der Waals surface area contributed by atoms with Crippen molar-refractivity contribution in [1.82, 2.24) is 0 Å². The number of ether oxygens (including phenoxy) is 2. The van der Waals surface area contributed by atoms with Crippen LogP contribution in [0.15, 0.2) is 18.2 Å². The highest BCUT2D eigenvalue weighted by Gasteiger charge is 2.23. The van der Waals surface area contributed by atoms with Gasteiger partial charge in [0.05, 0.1) is 13.2 Å². The molecule has 0 radical (unpaired) electrons. The Morgan fingerprint density at radius 3 is 2.19 bits per heavy atom. The van der Waals surface area contributed by atoms with Crippen molar-refractivity contribution >= 4 is 5.69 Å². The van der Waals surface area contributed by atoms with Crippen LogP contribution in [0, 0.1) is 11.8 Å². The van der Waals surface area contributed by atoms with Crippen molar-refractivity contribution in [3.63, 3.8) is 0 Å². The summed E-state index contributed by atoms with van der Waals surface area (Å²) in [6, 6.07) is 6.73. The van der Waals surface area contributed by atoms with Crippen LogP contribution < -0.4 is 14.8 Å². The lowest BCUT2D eigenvalue weighted by atomic mass is 9.80. The zero-order chi connectivity index (χ0) is 15.2. The molecule has 1 aromatic rings. The fourth-order valence-corrected chi connectivity index (χ4v) is 3.44. The van der Waals surface area contributed by atoms with Crippen molar-refractivity contribution in [3.8, 4) is 11.5 Å². The van der Waals surface area contributed by atoms with E-state index in [0.717, 1.165) is 29.0 Å². The lowest BCUT2D eigenvalue weighted by Gasteiger charge is -2.32. The van der Waals surface area contributed by atoms with Crippen LogP contribution in [-0.2, 0) is 0 Å².